The second kappa shape index (κ2) is 4.37. The molecule has 0 amide bonds. The molecule has 0 unspecified atom stereocenters. The average Bonchev–Trinajstić information content (AvgIpc) is 2.97. The normalized spacial score (nSPS) is 10.9. The highest BCUT2D eigenvalue weighted by Gasteiger charge is 2.11. The van der Waals surface area contributed by atoms with E-state index in [9.17, 15) is 0 Å². The lowest BCUT2D eigenvalue weighted by Crippen LogP contribution is -1.76. The summed E-state index contributed by atoms with van der Waals surface area (Å²) >= 11 is 5.31. The molecule has 0 aliphatic heterocycles. The Labute approximate surface area is 112 Å². The van der Waals surface area contributed by atoms with E-state index < -0.39 is 0 Å². The van der Waals surface area contributed by atoms with Crippen molar-refractivity contribution in [1.82, 2.24) is 4.98 Å². The maximum Gasteiger partial charge on any atom is 0.134 e. The lowest BCUT2D eigenvalue weighted by atomic mass is 10.2. The van der Waals surface area contributed by atoms with Gasteiger partial charge in [0, 0.05) is 20.7 Å². The van der Waals surface area contributed by atoms with Crippen LogP contribution < -0.4 is 0 Å². The lowest BCUT2D eigenvalue weighted by Gasteiger charge is -1.92. The molecular weight excluding hydrogens is 266 g/mol. The average molecular weight is 277 g/mol. The van der Waals surface area contributed by atoms with Crippen molar-refractivity contribution in [3.05, 3.63) is 38.7 Å². The Kier molecular flexibility index (Phi) is 2.86. The fourth-order valence-corrected chi connectivity index (χ4v) is 4.36. The van der Waals surface area contributed by atoms with E-state index in [0.717, 1.165) is 10.7 Å². The molecule has 3 heterocycles. The van der Waals surface area contributed by atoms with Crippen molar-refractivity contribution in [2.45, 2.75) is 13.8 Å². The van der Waals surface area contributed by atoms with Crippen molar-refractivity contribution >= 4 is 34.0 Å². The quantitative estimate of drug-likeness (QED) is 0.626. The summed E-state index contributed by atoms with van der Waals surface area (Å²) in [6.45, 7) is 4.31. The molecule has 4 heteroatoms. The summed E-state index contributed by atoms with van der Waals surface area (Å²) in [6.07, 6.45) is 0. The Hall–Kier alpha value is -0.970. The number of aryl methyl sites for hydroxylation is 2. The van der Waals surface area contributed by atoms with Gasteiger partial charge in [0.1, 0.15) is 5.01 Å². The number of hydrogen-bond donors (Lipinski definition) is 0. The number of thiophene rings is 2. The Morgan fingerprint density at radius 1 is 1.18 bits per heavy atom. The van der Waals surface area contributed by atoms with E-state index in [4.69, 9.17) is 4.98 Å². The van der Waals surface area contributed by atoms with Crippen molar-refractivity contribution in [2.24, 2.45) is 0 Å². The highest BCUT2D eigenvalue weighted by atomic mass is 32.1. The predicted molar refractivity (Wildman–Crippen MR) is 78.2 cm³/mol. The van der Waals surface area contributed by atoms with Gasteiger partial charge in [-0.05, 0) is 31.4 Å². The molecule has 86 valence electrons. The molecular formula is C13H11NS3. The first kappa shape index (κ1) is 11.1. The first-order valence-corrected chi connectivity index (χ1v) is 7.88. The summed E-state index contributed by atoms with van der Waals surface area (Å²) in [7, 11) is 0. The summed E-state index contributed by atoms with van der Waals surface area (Å²) in [5, 5.41) is 5.37. The molecule has 0 aliphatic carbocycles. The van der Waals surface area contributed by atoms with E-state index in [-0.39, 0.29) is 0 Å². The second-order valence-electron chi connectivity index (χ2n) is 3.84. The number of hydrogen-bond acceptors (Lipinski definition) is 4. The monoisotopic (exact) mass is 277 g/mol. The van der Waals surface area contributed by atoms with Crippen LogP contribution in [0.4, 0.5) is 0 Å². The molecule has 3 rings (SSSR count). The highest BCUT2D eigenvalue weighted by molar-refractivity contribution is 7.20. The van der Waals surface area contributed by atoms with Crippen LogP contribution in [0.15, 0.2) is 29.0 Å². The summed E-state index contributed by atoms with van der Waals surface area (Å²) in [6, 6.07) is 6.42. The van der Waals surface area contributed by atoms with E-state index in [0.29, 0.717) is 0 Å². The minimum absolute atomic E-state index is 1.11. The first-order chi connectivity index (χ1) is 8.24. The zero-order valence-corrected chi connectivity index (χ0v) is 12.0. The molecule has 1 nitrogen and oxygen atoms in total. The fraction of sp³-hybridized carbons (Fsp3) is 0.154. The van der Waals surface area contributed by atoms with Crippen LogP contribution in [-0.4, -0.2) is 4.98 Å². The molecule has 3 aromatic heterocycles. The van der Waals surface area contributed by atoms with E-state index in [1.54, 1.807) is 22.7 Å². The summed E-state index contributed by atoms with van der Waals surface area (Å²) in [5.41, 5.74) is 2.40. The molecule has 0 atom stereocenters. The molecule has 3 aromatic rings. The maximum atomic E-state index is 4.73. The van der Waals surface area contributed by atoms with Gasteiger partial charge in [0.05, 0.1) is 10.6 Å². The highest BCUT2D eigenvalue weighted by Crippen LogP contribution is 2.35. The van der Waals surface area contributed by atoms with Gasteiger partial charge in [-0.3, -0.25) is 0 Å². The van der Waals surface area contributed by atoms with Crippen LogP contribution in [0.3, 0.4) is 0 Å². The molecule has 17 heavy (non-hydrogen) atoms. The number of thiazole rings is 1. The molecule has 0 aliphatic rings. The van der Waals surface area contributed by atoms with Crippen LogP contribution in [0.1, 0.15) is 9.75 Å². The van der Waals surface area contributed by atoms with Crippen molar-refractivity contribution in [3.8, 4) is 21.1 Å². The summed E-state index contributed by atoms with van der Waals surface area (Å²) in [5.74, 6) is 0. The van der Waals surface area contributed by atoms with Crippen LogP contribution >= 0.6 is 34.0 Å². The summed E-state index contributed by atoms with van der Waals surface area (Å²) in [4.78, 5) is 8.69. The third kappa shape index (κ3) is 2.08. The zero-order valence-electron chi connectivity index (χ0n) is 9.56. The largest absolute Gasteiger partial charge is 0.235 e. The van der Waals surface area contributed by atoms with Gasteiger partial charge in [-0.2, -0.15) is 0 Å². The van der Waals surface area contributed by atoms with Gasteiger partial charge < -0.3 is 0 Å². The van der Waals surface area contributed by atoms with Gasteiger partial charge in [-0.15, -0.1) is 34.0 Å². The van der Waals surface area contributed by atoms with Crippen molar-refractivity contribution in [2.75, 3.05) is 0 Å². The van der Waals surface area contributed by atoms with Crippen LogP contribution in [0.5, 0.6) is 0 Å². The van der Waals surface area contributed by atoms with Crippen LogP contribution in [0.25, 0.3) is 21.1 Å². The van der Waals surface area contributed by atoms with E-state index >= 15 is 0 Å². The summed E-state index contributed by atoms with van der Waals surface area (Å²) < 4.78 is 0. The molecule has 0 saturated carbocycles. The minimum atomic E-state index is 1.11. The standard InChI is InChI=1S/C13H11NS3/c1-8-6-10(9(2)17-8)11-7-16-13(14-11)12-4-3-5-15-12/h3-7H,1-2H3. The first-order valence-electron chi connectivity index (χ1n) is 5.31. The Bertz CT molecular complexity index is 631. The van der Waals surface area contributed by atoms with Gasteiger partial charge in [0.2, 0.25) is 0 Å². The fourth-order valence-electron chi connectivity index (χ4n) is 1.80. The molecule has 0 N–H and O–H groups in total. The van der Waals surface area contributed by atoms with Gasteiger partial charge in [0.25, 0.3) is 0 Å². The van der Waals surface area contributed by atoms with Gasteiger partial charge in [-0.25, -0.2) is 4.98 Å². The SMILES string of the molecule is Cc1cc(-c2csc(-c3cccs3)n2)c(C)s1. The number of aromatic nitrogens is 1. The smallest absolute Gasteiger partial charge is 0.134 e. The number of nitrogens with zero attached hydrogens (tertiary/aromatic N) is 1. The van der Waals surface area contributed by atoms with Crippen LogP contribution in [0.2, 0.25) is 0 Å². The maximum absolute atomic E-state index is 4.73. The molecule has 0 saturated heterocycles. The molecule has 0 bridgehead atoms. The van der Waals surface area contributed by atoms with E-state index in [2.05, 4.69) is 42.8 Å². The van der Waals surface area contributed by atoms with Gasteiger partial charge in [-0.1, -0.05) is 6.07 Å². The van der Waals surface area contributed by atoms with Gasteiger partial charge in [0.15, 0.2) is 0 Å². The Morgan fingerprint density at radius 3 is 2.71 bits per heavy atom. The third-order valence-electron chi connectivity index (χ3n) is 2.55. The Morgan fingerprint density at radius 2 is 2.06 bits per heavy atom. The van der Waals surface area contributed by atoms with Crippen molar-refractivity contribution < 1.29 is 0 Å². The predicted octanol–water partition coefficient (Wildman–Crippen LogP) is 5.22. The molecule has 0 spiro atoms. The second-order valence-corrected chi connectivity index (χ2v) is 7.11. The van der Waals surface area contributed by atoms with Crippen LogP contribution in [-0.2, 0) is 0 Å². The lowest BCUT2D eigenvalue weighted by molar-refractivity contribution is 1.41. The van der Waals surface area contributed by atoms with E-state index in [1.807, 2.05) is 11.3 Å². The minimum Gasteiger partial charge on any atom is -0.235 e. The molecule has 0 aromatic carbocycles. The topological polar surface area (TPSA) is 12.9 Å². The van der Waals surface area contributed by atoms with E-state index in [1.165, 1.54) is 20.2 Å². The van der Waals surface area contributed by atoms with Crippen molar-refractivity contribution in [1.29, 1.82) is 0 Å². The third-order valence-corrected chi connectivity index (χ3v) is 5.40. The molecule has 0 fully saturated rings. The number of rotatable bonds is 2. The van der Waals surface area contributed by atoms with Gasteiger partial charge >= 0.3 is 0 Å². The molecule has 0 radical (unpaired) electrons. The van der Waals surface area contributed by atoms with Crippen LogP contribution in [0, 0.1) is 13.8 Å². The Balaban J connectivity index is 2.03. The zero-order chi connectivity index (χ0) is 11.8. The van der Waals surface area contributed by atoms with Crippen molar-refractivity contribution in [3.63, 3.8) is 0 Å².